The van der Waals surface area contributed by atoms with Gasteiger partial charge in [-0.05, 0) is 46.2 Å². The van der Waals surface area contributed by atoms with Crippen molar-refractivity contribution in [3.05, 3.63) is 114 Å². The number of primary amides is 1. The molecule has 1 atom stereocenters. The molecule has 3 N–H and O–H groups in total. The van der Waals surface area contributed by atoms with Crippen molar-refractivity contribution < 1.29 is 14.3 Å². The lowest BCUT2D eigenvalue weighted by Crippen LogP contribution is -2.45. The van der Waals surface area contributed by atoms with Crippen molar-refractivity contribution in [3.8, 4) is 5.75 Å². The lowest BCUT2D eigenvalue weighted by molar-refractivity contribution is -0.119. The molecule has 0 aromatic heterocycles. The molecule has 0 unspecified atom stereocenters. The van der Waals surface area contributed by atoms with Crippen molar-refractivity contribution in [1.82, 2.24) is 5.32 Å². The first-order chi connectivity index (χ1) is 15.6. The zero-order valence-electron chi connectivity index (χ0n) is 17.5. The smallest absolute Gasteiger partial charge is 0.251 e. The Morgan fingerprint density at radius 3 is 2.28 bits per heavy atom. The van der Waals surface area contributed by atoms with Crippen LogP contribution in [0, 0.1) is 0 Å². The van der Waals surface area contributed by atoms with E-state index in [1.165, 1.54) is 0 Å². The molecular formula is C27H24N2O3. The van der Waals surface area contributed by atoms with E-state index >= 15 is 0 Å². The van der Waals surface area contributed by atoms with E-state index in [-0.39, 0.29) is 12.3 Å². The fraction of sp³-hybridized carbons (Fsp3) is 0.111. The van der Waals surface area contributed by atoms with Crippen LogP contribution in [0.2, 0.25) is 0 Å². The van der Waals surface area contributed by atoms with E-state index in [2.05, 4.69) is 5.32 Å². The first-order valence-corrected chi connectivity index (χ1v) is 10.4. The number of nitrogens with one attached hydrogen (secondary N) is 1. The first-order valence-electron chi connectivity index (χ1n) is 10.4. The highest BCUT2D eigenvalue weighted by atomic mass is 16.5. The van der Waals surface area contributed by atoms with E-state index in [0.717, 1.165) is 21.9 Å². The van der Waals surface area contributed by atoms with Crippen LogP contribution in [0.3, 0.4) is 0 Å². The molecule has 5 heteroatoms. The van der Waals surface area contributed by atoms with Gasteiger partial charge in [0.15, 0.2) is 0 Å². The van der Waals surface area contributed by atoms with Gasteiger partial charge in [0, 0.05) is 12.0 Å². The Bertz CT molecular complexity index is 1240. The molecule has 4 aromatic rings. The molecule has 0 bridgehead atoms. The van der Waals surface area contributed by atoms with Gasteiger partial charge < -0.3 is 15.8 Å². The van der Waals surface area contributed by atoms with Crippen LogP contribution in [-0.2, 0) is 17.8 Å². The number of ether oxygens (including phenoxy) is 1. The molecule has 4 aromatic carbocycles. The maximum atomic E-state index is 12.8. The Balaban J connectivity index is 1.43. The highest BCUT2D eigenvalue weighted by molar-refractivity contribution is 6.00. The highest BCUT2D eigenvalue weighted by Crippen LogP contribution is 2.18. The molecule has 32 heavy (non-hydrogen) atoms. The van der Waals surface area contributed by atoms with Crippen LogP contribution in [0.15, 0.2) is 97.1 Å². The van der Waals surface area contributed by atoms with Gasteiger partial charge in [0.25, 0.3) is 5.91 Å². The van der Waals surface area contributed by atoms with E-state index in [1.807, 2.05) is 84.9 Å². The molecule has 5 nitrogen and oxygen atoms in total. The van der Waals surface area contributed by atoms with E-state index < -0.39 is 11.9 Å². The molecule has 4 rings (SSSR count). The molecule has 0 aliphatic rings. The summed E-state index contributed by atoms with van der Waals surface area (Å²) in [5, 5.41) is 4.77. The largest absolute Gasteiger partial charge is 0.489 e. The highest BCUT2D eigenvalue weighted by Gasteiger charge is 2.20. The standard InChI is InChI=1S/C27H24N2O3/c28-26(30)25(29-27(31)23-14-13-21-10-4-5-11-22(21)17-23)16-20-9-6-12-24(15-20)32-18-19-7-2-1-3-8-19/h1-15,17,25H,16,18H2,(H2,28,30)(H,29,31)/t25-/m1/s1. The summed E-state index contributed by atoms with van der Waals surface area (Å²) in [4.78, 5) is 24.8. The Kier molecular flexibility index (Phi) is 6.46. The Morgan fingerprint density at radius 2 is 1.50 bits per heavy atom. The molecule has 0 aliphatic carbocycles. The SMILES string of the molecule is NC(=O)[C@@H](Cc1cccc(OCc2ccccc2)c1)NC(=O)c1ccc2ccccc2c1. The quantitative estimate of drug-likeness (QED) is 0.444. The molecule has 0 heterocycles. The zero-order chi connectivity index (χ0) is 22.3. The predicted octanol–water partition coefficient (Wildman–Crippen LogP) is 4.25. The average Bonchev–Trinajstić information content (AvgIpc) is 2.83. The van der Waals surface area contributed by atoms with E-state index in [9.17, 15) is 9.59 Å². The number of benzene rings is 4. The summed E-state index contributed by atoms with van der Waals surface area (Å²) in [6, 6.07) is 29.7. The number of fused-ring (bicyclic) bond motifs is 1. The minimum atomic E-state index is -0.835. The Morgan fingerprint density at radius 1 is 0.781 bits per heavy atom. The summed E-state index contributed by atoms with van der Waals surface area (Å²) >= 11 is 0. The second kappa shape index (κ2) is 9.79. The van der Waals surface area contributed by atoms with Crippen LogP contribution in [0.1, 0.15) is 21.5 Å². The Labute approximate surface area is 186 Å². The fourth-order valence-corrected chi connectivity index (χ4v) is 3.53. The fourth-order valence-electron chi connectivity index (χ4n) is 3.53. The third-order valence-corrected chi connectivity index (χ3v) is 5.25. The van der Waals surface area contributed by atoms with Gasteiger partial charge in [0.05, 0.1) is 0 Å². The predicted molar refractivity (Wildman–Crippen MR) is 125 cm³/mol. The number of rotatable bonds is 8. The summed E-state index contributed by atoms with van der Waals surface area (Å²) in [6.07, 6.45) is 0.275. The maximum Gasteiger partial charge on any atom is 0.251 e. The summed E-state index contributed by atoms with van der Waals surface area (Å²) in [5.74, 6) is -0.235. The summed E-state index contributed by atoms with van der Waals surface area (Å²) in [7, 11) is 0. The van der Waals surface area contributed by atoms with Gasteiger partial charge in [0.2, 0.25) is 5.91 Å². The van der Waals surface area contributed by atoms with Crippen molar-refractivity contribution in [1.29, 1.82) is 0 Å². The summed E-state index contributed by atoms with van der Waals surface area (Å²) < 4.78 is 5.86. The molecule has 160 valence electrons. The van der Waals surface area contributed by atoms with Crippen LogP contribution >= 0.6 is 0 Å². The van der Waals surface area contributed by atoms with Gasteiger partial charge in [-0.1, -0.05) is 72.8 Å². The number of carbonyl (C=O) groups excluding carboxylic acids is 2. The van der Waals surface area contributed by atoms with Crippen LogP contribution in [0.25, 0.3) is 10.8 Å². The van der Waals surface area contributed by atoms with Crippen molar-refractivity contribution in [3.63, 3.8) is 0 Å². The van der Waals surface area contributed by atoms with E-state index in [4.69, 9.17) is 10.5 Å². The van der Waals surface area contributed by atoms with Crippen LogP contribution in [0.5, 0.6) is 5.75 Å². The molecule has 0 aliphatic heterocycles. The number of nitrogens with two attached hydrogens (primary N) is 1. The minimum Gasteiger partial charge on any atom is -0.489 e. The van der Waals surface area contributed by atoms with Gasteiger partial charge in [-0.25, -0.2) is 0 Å². The second-order valence-electron chi connectivity index (χ2n) is 7.62. The van der Waals surface area contributed by atoms with E-state index in [0.29, 0.717) is 17.9 Å². The van der Waals surface area contributed by atoms with Gasteiger partial charge in [-0.3, -0.25) is 9.59 Å². The van der Waals surface area contributed by atoms with Crippen molar-refractivity contribution in [2.24, 2.45) is 5.73 Å². The molecule has 0 fully saturated rings. The van der Waals surface area contributed by atoms with Crippen molar-refractivity contribution >= 4 is 22.6 Å². The van der Waals surface area contributed by atoms with Crippen molar-refractivity contribution in [2.45, 2.75) is 19.1 Å². The maximum absolute atomic E-state index is 12.8. The second-order valence-corrected chi connectivity index (χ2v) is 7.62. The summed E-state index contributed by atoms with van der Waals surface area (Å²) in [5.41, 5.74) is 7.98. The summed E-state index contributed by atoms with van der Waals surface area (Å²) in [6.45, 7) is 0.447. The molecule has 0 spiro atoms. The van der Waals surface area contributed by atoms with Crippen molar-refractivity contribution in [2.75, 3.05) is 0 Å². The molecule has 0 saturated heterocycles. The Hall–Kier alpha value is -4.12. The monoisotopic (exact) mass is 424 g/mol. The van der Waals surface area contributed by atoms with Crippen LogP contribution < -0.4 is 15.8 Å². The number of hydrogen-bond acceptors (Lipinski definition) is 3. The van der Waals surface area contributed by atoms with Crippen LogP contribution in [-0.4, -0.2) is 17.9 Å². The number of amides is 2. The number of carbonyl (C=O) groups is 2. The molecule has 0 radical (unpaired) electrons. The third-order valence-electron chi connectivity index (χ3n) is 5.25. The number of hydrogen-bond donors (Lipinski definition) is 2. The first kappa shape index (κ1) is 21.1. The normalized spacial score (nSPS) is 11.6. The van der Waals surface area contributed by atoms with Gasteiger partial charge in [-0.15, -0.1) is 0 Å². The molecule has 0 saturated carbocycles. The van der Waals surface area contributed by atoms with Gasteiger partial charge in [0.1, 0.15) is 18.4 Å². The van der Waals surface area contributed by atoms with Gasteiger partial charge in [-0.2, -0.15) is 0 Å². The van der Waals surface area contributed by atoms with Gasteiger partial charge >= 0.3 is 0 Å². The molecule has 2 amide bonds. The lowest BCUT2D eigenvalue weighted by atomic mass is 10.0. The van der Waals surface area contributed by atoms with Crippen LogP contribution in [0.4, 0.5) is 0 Å². The minimum absolute atomic E-state index is 0.275. The van der Waals surface area contributed by atoms with E-state index in [1.54, 1.807) is 12.1 Å². The zero-order valence-corrected chi connectivity index (χ0v) is 17.5. The third kappa shape index (κ3) is 5.32. The topological polar surface area (TPSA) is 81.4 Å². The molecular weight excluding hydrogens is 400 g/mol. The lowest BCUT2D eigenvalue weighted by Gasteiger charge is -2.16. The average molecular weight is 425 g/mol.